The first-order valence-electron chi connectivity index (χ1n) is 11.0. The Morgan fingerprint density at radius 1 is 1.00 bits per heavy atom. The summed E-state index contributed by atoms with van der Waals surface area (Å²) < 4.78 is 6.04. The molecule has 3 atom stereocenters. The molecule has 2 unspecified atom stereocenters. The van der Waals surface area contributed by atoms with Gasteiger partial charge in [0.2, 0.25) is 0 Å². The third-order valence-electron chi connectivity index (χ3n) is 5.97. The maximum Gasteiger partial charge on any atom is 0.0796 e. The lowest BCUT2D eigenvalue weighted by molar-refractivity contribution is 0.0156. The van der Waals surface area contributed by atoms with Crippen molar-refractivity contribution in [3.8, 4) is 11.1 Å². The van der Waals surface area contributed by atoms with E-state index in [1.807, 2.05) is 6.07 Å². The Morgan fingerprint density at radius 2 is 1.72 bits per heavy atom. The lowest BCUT2D eigenvalue weighted by Gasteiger charge is -2.36. The first kappa shape index (κ1) is 22.0. The smallest absolute Gasteiger partial charge is 0.0796 e. The van der Waals surface area contributed by atoms with E-state index in [0.717, 1.165) is 45.4 Å². The molecule has 0 saturated carbocycles. The van der Waals surface area contributed by atoms with Crippen LogP contribution in [0.5, 0.6) is 0 Å². The topological polar surface area (TPSA) is 52.9 Å². The number of hydrogen-bond acceptors (Lipinski definition) is 4. The third kappa shape index (κ3) is 6.65. The first-order valence-corrected chi connectivity index (χ1v) is 11.0. The van der Waals surface area contributed by atoms with Gasteiger partial charge in [0.25, 0.3) is 0 Å². The molecule has 29 heavy (non-hydrogen) atoms. The molecule has 3 rings (SSSR count). The zero-order valence-electron chi connectivity index (χ0n) is 17.5. The molecule has 4 nitrogen and oxygen atoms in total. The molecule has 2 aromatic rings. The molecule has 158 valence electrons. The zero-order valence-corrected chi connectivity index (χ0v) is 17.5. The fourth-order valence-corrected chi connectivity index (χ4v) is 4.09. The minimum absolute atomic E-state index is 0.0992. The van der Waals surface area contributed by atoms with Crippen molar-refractivity contribution in [2.75, 3.05) is 26.3 Å². The van der Waals surface area contributed by atoms with E-state index in [-0.39, 0.29) is 24.9 Å². The molecule has 2 N–H and O–H groups in total. The Balaban J connectivity index is 1.33. The second kappa shape index (κ2) is 11.5. The molecule has 1 aliphatic heterocycles. The third-order valence-corrected chi connectivity index (χ3v) is 5.97. The van der Waals surface area contributed by atoms with Crippen molar-refractivity contribution in [2.24, 2.45) is 0 Å². The van der Waals surface area contributed by atoms with Crippen LogP contribution in [-0.2, 0) is 4.74 Å². The second-order valence-corrected chi connectivity index (χ2v) is 8.11. The number of nitrogens with zero attached hydrogens (tertiary/aromatic N) is 1. The van der Waals surface area contributed by atoms with E-state index in [1.165, 1.54) is 16.7 Å². The molecule has 1 fully saturated rings. The van der Waals surface area contributed by atoms with Gasteiger partial charge in [0, 0.05) is 19.2 Å². The van der Waals surface area contributed by atoms with Gasteiger partial charge >= 0.3 is 0 Å². The van der Waals surface area contributed by atoms with Crippen molar-refractivity contribution in [3.63, 3.8) is 0 Å². The molecule has 0 bridgehead atoms. The number of rotatable bonds is 10. The Morgan fingerprint density at radius 3 is 2.45 bits per heavy atom. The molecule has 4 heteroatoms. The largest absolute Gasteiger partial charge is 0.395 e. The number of hydrogen-bond donors (Lipinski definition) is 2. The highest BCUT2D eigenvalue weighted by Crippen LogP contribution is 2.23. The van der Waals surface area contributed by atoms with E-state index in [2.05, 4.69) is 60.4 Å². The number of ether oxygens (including phenoxy) is 1. The van der Waals surface area contributed by atoms with Crippen LogP contribution in [0.1, 0.15) is 50.7 Å². The number of benzene rings is 2. The molecule has 1 heterocycles. The van der Waals surface area contributed by atoms with Crippen LogP contribution in [-0.4, -0.2) is 53.6 Å². The predicted octanol–water partition coefficient (Wildman–Crippen LogP) is 4.42. The fraction of sp³-hybridized carbons (Fsp3) is 0.520. The zero-order chi connectivity index (χ0) is 20.5. The number of aliphatic hydroxyl groups excluding tert-OH is 2. The van der Waals surface area contributed by atoms with Crippen molar-refractivity contribution >= 4 is 0 Å². The van der Waals surface area contributed by atoms with Gasteiger partial charge in [0.15, 0.2) is 0 Å². The molecule has 0 radical (unpaired) electrons. The van der Waals surface area contributed by atoms with Crippen LogP contribution in [0.3, 0.4) is 0 Å². The van der Waals surface area contributed by atoms with Gasteiger partial charge in [-0.3, -0.25) is 4.90 Å². The standard InChI is InChI=1S/C25H35NO3/c1-20(21-10-12-23(13-11-21)22-8-4-2-5-9-22)29-17-7-3-6-15-26-16-14-25(28)18-24(26)19-27/h2,4-5,8-13,20,24-25,27-28H,3,6-7,14-19H2,1H3/t20-,24?,25?/m1/s1. The Kier molecular flexibility index (Phi) is 8.69. The van der Waals surface area contributed by atoms with E-state index in [1.54, 1.807) is 0 Å². The van der Waals surface area contributed by atoms with Gasteiger partial charge in [-0.2, -0.15) is 0 Å². The van der Waals surface area contributed by atoms with Crippen LogP contribution in [0, 0.1) is 0 Å². The Hall–Kier alpha value is -1.72. The van der Waals surface area contributed by atoms with E-state index in [9.17, 15) is 10.2 Å². The summed E-state index contributed by atoms with van der Waals surface area (Å²) in [6.45, 7) is 4.90. The van der Waals surface area contributed by atoms with E-state index >= 15 is 0 Å². The van der Waals surface area contributed by atoms with Crippen LogP contribution < -0.4 is 0 Å². The lowest BCUT2D eigenvalue weighted by atomic mass is 9.99. The second-order valence-electron chi connectivity index (χ2n) is 8.11. The summed E-state index contributed by atoms with van der Waals surface area (Å²) >= 11 is 0. The average molecular weight is 398 g/mol. The van der Waals surface area contributed by atoms with Crippen molar-refractivity contribution in [1.82, 2.24) is 4.90 Å². The Labute approximate surface area is 175 Å². The van der Waals surface area contributed by atoms with Gasteiger partial charge in [-0.25, -0.2) is 0 Å². The fourth-order valence-electron chi connectivity index (χ4n) is 4.09. The van der Waals surface area contributed by atoms with Gasteiger partial charge < -0.3 is 14.9 Å². The molecule has 0 spiro atoms. The summed E-state index contributed by atoms with van der Waals surface area (Å²) in [5.74, 6) is 0. The van der Waals surface area contributed by atoms with E-state index in [4.69, 9.17) is 4.74 Å². The predicted molar refractivity (Wildman–Crippen MR) is 118 cm³/mol. The van der Waals surface area contributed by atoms with Crippen LogP contribution in [0.2, 0.25) is 0 Å². The van der Waals surface area contributed by atoms with Crippen molar-refractivity contribution in [1.29, 1.82) is 0 Å². The number of unbranched alkanes of at least 4 members (excludes halogenated alkanes) is 2. The molecular weight excluding hydrogens is 362 g/mol. The van der Waals surface area contributed by atoms with E-state index in [0.29, 0.717) is 6.42 Å². The first-order chi connectivity index (χ1) is 14.2. The summed E-state index contributed by atoms with van der Waals surface area (Å²) in [4.78, 5) is 2.32. The molecule has 1 aliphatic rings. The van der Waals surface area contributed by atoms with Gasteiger partial charge in [0.05, 0.1) is 18.8 Å². The number of likely N-dealkylation sites (tertiary alicyclic amines) is 1. The van der Waals surface area contributed by atoms with Gasteiger partial charge in [0.1, 0.15) is 0 Å². The SMILES string of the molecule is C[C@@H](OCCCCCN1CCC(O)CC1CO)c1ccc(-c2ccccc2)cc1. The highest BCUT2D eigenvalue weighted by Gasteiger charge is 2.26. The quantitative estimate of drug-likeness (QED) is 0.583. The molecule has 0 amide bonds. The highest BCUT2D eigenvalue weighted by atomic mass is 16.5. The lowest BCUT2D eigenvalue weighted by Crippen LogP contribution is -2.46. The van der Waals surface area contributed by atoms with Crippen molar-refractivity contribution < 1.29 is 14.9 Å². The molecule has 0 aromatic heterocycles. The van der Waals surface area contributed by atoms with E-state index < -0.39 is 0 Å². The maximum atomic E-state index is 9.73. The van der Waals surface area contributed by atoms with Crippen LogP contribution in [0.25, 0.3) is 11.1 Å². The summed E-state index contributed by atoms with van der Waals surface area (Å²) in [5, 5.41) is 19.2. The van der Waals surface area contributed by atoms with Crippen LogP contribution >= 0.6 is 0 Å². The molecule has 1 saturated heterocycles. The number of piperidine rings is 1. The summed E-state index contributed by atoms with van der Waals surface area (Å²) in [7, 11) is 0. The van der Waals surface area contributed by atoms with Gasteiger partial charge in [-0.05, 0) is 62.3 Å². The van der Waals surface area contributed by atoms with Crippen LogP contribution in [0.15, 0.2) is 54.6 Å². The maximum absolute atomic E-state index is 9.73. The normalized spacial score (nSPS) is 21.2. The minimum Gasteiger partial charge on any atom is -0.395 e. The van der Waals surface area contributed by atoms with Crippen LogP contribution in [0.4, 0.5) is 0 Å². The molecule has 0 aliphatic carbocycles. The Bertz CT molecular complexity index is 704. The highest BCUT2D eigenvalue weighted by molar-refractivity contribution is 5.63. The average Bonchev–Trinajstić information content (AvgIpc) is 2.77. The molecule has 2 aromatic carbocycles. The van der Waals surface area contributed by atoms with Gasteiger partial charge in [-0.1, -0.05) is 54.6 Å². The van der Waals surface area contributed by atoms with Crippen molar-refractivity contribution in [3.05, 3.63) is 60.2 Å². The van der Waals surface area contributed by atoms with Crippen molar-refractivity contribution in [2.45, 2.75) is 57.3 Å². The summed E-state index contributed by atoms with van der Waals surface area (Å²) in [6, 6.07) is 19.2. The molecular formula is C25H35NO3. The minimum atomic E-state index is -0.250. The monoisotopic (exact) mass is 397 g/mol. The van der Waals surface area contributed by atoms with Gasteiger partial charge in [-0.15, -0.1) is 0 Å². The summed E-state index contributed by atoms with van der Waals surface area (Å²) in [5.41, 5.74) is 3.68. The number of aliphatic hydroxyl groups is 2. The summed E-state index contributed by atoms with van der Waals surface area (Å²) in [6.07, 6.45) is 4.64.